The summed E-state index contributed by atoms with van der Waals surface area (Å²) in [5.41, 5.74) is 4.72. The molecule has 0 aliphatic carbocycles. The number of thioether (sulfide) groups is 1. The topological polar surface area (TPSA) is 37.3 Å². The normalized spacial score (nSPS) is 11.0. The lowest BCUT2D eigenvalue weighted by atomic mass is 10.1. The maximum atomic E-state index is 10.5. The van der Waals surface area contributed by atoms with Crippen molar-refractivity contribution in [3.63, 3.8) is 0 Å². The number of carboxylic acids is 1. The van der Waals surface area contributed by atoms with Gasteiger partial charge in [-0.25, -0.2) is 4.79 Å². The van der Waals surface area contributed by atoms with E-state index in [0.29, 0.717) is 0 Å². The summed E-state index contributed by atoms with van der Waals surface area (Å²) in [6.45, 7) is 4.24. The maximum absolute atomic E-state index is 10.5. The number of rotatable bonds is 5. The van der Waals surface area contributed by atoms with Crippen molar-refractivity contribution in [2.24, 2.45) is 0 Å². The molecule has 0 aliphatic heterocycles. The number of benzene rings is 2. The van der Waals surface area contributed by atoms with Gasteiger partial charge in [-0.1, -0.05) is 42.0 Å². The number of aliphatic carboxylic acids is 1. The molecule has 0 fully saturated rings. The van der Waals surface area contributed by atoms with Gasteiger partial charge in [0, 0.05) is 16.7 Å². The summed E-state index contributed by atoms with van der Waals surface area (Å²) < 4.78 is 0. The van der Waals surface area contributed by atoms with Gasteiger partial charge in [-0.15, -0.1) is 11.8 Å². The van der Waals surface area contributed by atoms with Gasteiger partial charge >= 0.3 is 5.97 Å². The molecular formula is C18H18O2S. The highest BCUT2D eigenvalue weighted by atomic mass is 32.2. The van der Waals surface area contributed by atoms with Crippen molar-refractivity contribution in [3.05, 3.63) is 70.8 Å². The first-order valence-electron chi connectivity index (χ1n) is 6.74. The third-order valence-corrected chi connectivity index (χ3v) is 4.37. The number of carbonyl (C=O) groups is 1. The van der Waals surface area contributed by atoms with Crippen LogP contribution in [0.1, 0.15) is 22.3 Å². The van der Waals surface area contributed by atoms with Crippen LogP contribution in [0.3, 0.4) is 0 Å². The minimum atomic E-state index is -0.926. The zero-order valence-electron chi connectivity index (χ0n) is 12.2. The van der Waals surface area contributed by atoms with E-state index in [0.717, 1.165) is 17.4 Å². The largest absolute Gasteiger partial charge is 0.478 e. The molecule has 0 bridgehead atoms. The first-order valence-corrected chi connectivity index (χ1v) is 7.73. The zero-order valence-corrected chi connectivity index (χ0v) is 13.0. The van der Waals surface area contributed by atoms with E-state index in [1.807, 2.05) is 36.0 Å². The lowest BCUT2D eigenvalue weighted by Gasteiger charge is -2.07. The summed E-state index contributed by atoms with van der Waals surface area (Å²) >= 11 is 1.82. The minimum Gasteiger partial charge on any atom is -0.478 e. The molecule has 0 atom stereocenters. The number of hydrogen-bond acceptors (Lipinski definition) is 2. The fraction of sp³-hybridized carbons (Fsp3) is 0.167. The molecule has 0 heterocycles. The second kappa shape index (κ2) is 7.14. The first-order chi connectivity index (χ1) is 10.0. The monoisotopic (exact) mass is 298 g/mol. The molecule has 1 N–H and O–H groups in total. The summed E-state index contributed by atoms with van der Waals surface area (Å²) in [5, 5.41) is 8.59. The van der Waals surface area contributed by atoms with Crippen molar-refractivity contribution in [1.29, 1.82) is 0 Å². The Morgan fingerprint density at radius 1 is 1.14 bits per heavy atom. The van der Waals surface area contributed by atoms with Crippen molar-refractivity contribution < 1.29 is 9.90 Å². The number of carboxylic acid groups (broad SMARTS) is 1. The Hall–Kier alpha value is -2.00. The van der Waals surface area contributed by atoms with Crippen LogP contribution < -0.4 is 0 Å². The van der Waals surface area contributed by atoms with Gasteiger partial charge in [0.15, 0.2) is 0 Å². The van der Waals surface area contributed by atoms with Crippen LogP contribution in [0.2, 0.25) is 0 Å². The Morgan fingerprint density at radius 3 is 2.48 bits per heavy atom. The second-order valence-corrected chi connectivity index (χ2v) is 5.99. The fourth-order valence-corrected chi connectivity index (χ4v) is 2.98. The van der Waals surface area contributed by atoms with Gasteiger partial charge < -0.3 is 5.11 Å². The Bertz CT molecular complexity index is 657. The van der Waals surface area contributed by atoms with Gasteiger partial charge in [-0.2, -0.15) is 0 Å². The van der Waals surface area contributed by atoms with Gasteiger partial charge in [-0.05, 0) is 42.7 Å². The van der Waals surface area contributed by atoms with Crippen LogP contribution in [0.4, 0.5) is 0 Å². The van der Waals surface area contributed by atoms with Gasteiger partial charge in [0.2, 0.25) is 0 Å². The molecule has 21 heavy (non-hydrogen) atoms. The van der Waals surface area contributed by atoms with Crippen LogP contribution in [0, 0.1) is 13.8 Å². The Kier molecular flexibility index (Phi) is 5.23. The third-order valence-electron chi connectivity index (χ3n) is 3.12. The molecule has 0 aromatic heterocycles. The number of hydrogen-bond donors (Lipinski definition) is 1. The average molecular weight is 298 g/mol. The molecule has 0 aliphatic rings. The lowest BCUT2D eigenvalue weighted by molar-refractivity contribution is -0.131. The van der Waals surface area contributed by atoms with E-state index in [9.17, 15) is 4.79 Å². The molecule has 2 aromatic carbocycles. The highest BCUT2D eigenvalue weighted by molar-refractivity contribution is 7.98. The Labute approximate surface area is 129 Å². The third kappa shape index (κ3) is 4.80. The summed E-state index contributed by atoms with van der Waals surface area (Å²) in [5.74, 6) is -0.0169. The van der Waals surface area contributed by atoms with Gasteiger partial charge in [0.25, 0.3) is 0 Å². The molecule has 0 saturated carbocycles. The maximum Gasteiger partial charge on any atom is 0.328 e. The first kappa shape index (κ1) is 15.4. The van der Waals surface area contributed by atoms with Crippen molar-refractivity contribution in [2.75, 3.05) is 0 Å². The lowest BCUT2D eigenvalue weighted by Crippen LogP contribution is -1.87. The highest BCUT2D eigenvalue weighted by Gasteiger charge is 2.01. The Morgan fingerprint density at radius 2 is 1.86 bits per heavy atom. The van der Waals surface area contributed by atoms with Crippen molar-refractivity contribution in [1.82, 2.24) is 0 Å². The molecule has 0 unspecified atom stereocenters. The molecular weight excluding hydrogens is 280 g/mol. The number of aryl methyl sites for hydroxylation is 2. The van der Waals surface area contributed by atoms with Crippen molar-refractivity contribution in [2.45, 2.75) is 24.5 Å². The van der Waals surface area contributed by atoms with Crippen LogP contribution in [-0.2, 0) is 10.5 Å². The minimum absolute atomic E-state index is 0.901. The molecule has 0 radical (unpaired) electrons. The molecule has 0 spiro atoms. The molecule has 0 amide bonds. The van der Waals surface area contributed by atoms with E-state index in [1.165, 1.54) is 21.6 Å². The average Bonchev–Trinajstić information content (AvgIpc) is 2.45. The molecule has 3 heteroatoms. The Balaban J connectivity index is 1.99. The zero-order chi connectivity index (χ0) is 15.2. The second-order valence-electron chi connectivity index (χ2n) is 4.97. The smallest absolute Gasteiger partial charge is 0.328 e. The van der Waals surface area contributed by atoms with E-state index in [2.05, 4.69) is 32.0 Å². The van der Waals surface area contributed by atoms with Gasteiger partial charge in [-0.3, -0.25) is 0 Å². The molecule has 108 valence electrons. The van der Waals surface area contributed by atoms with Gasteiger partial charge in [0.05, 0.1) is 0 Å². The van der Waals surface area contributed by atoms with Crippen molar-refractivity contribution in [3.8, 4) is 0 Å². The summed E-state index contributed by atoms with van der Waals surface area (Å²) in [4.78, 5) is 11.8. The van der Waals surface area contributed by atoms with Crippen LogP contribution in [0.25, 0.3) is 6.08 Å². The van der Waals surface area contributed by atoms with Crippen LogP contribution in [0.15, 0.2) is 53.4 Å². The summed E-state index contributed by atoms with van der Waals surface area (Å²) in [6.07, 6.45) is 2.75. The quantitative estimate of drug-likeness (QED) is 0.642. The molecule has 2 aromatic rings. The van der Waals surface area contributed by atoms with Crippen LogP contribution in [-0.4, -0.2) is 11.1 Å². The van der Waals surface area contributed by atoms with E-state index >= 15 is 0 Å². The van der Waals surface area contributed by atoms with E-state index in [-0.39, 0.29) is 0 Å². The van der Waals surface area contributed by atoms with Gasteiger partial charge in [0.1, 0.15) is 0 Å². The molecule has 2 nitrogen and oxygen atoms in total. The highest BCUT2D eigenvalue weighted by Crippen LogP contribution is 2.26. The fourth-order valence-electron chi connectivity index (χ4n) is 2.01. The molecule has 2 rings (SSSR count). The summed E-state index contributed by atoms with van der Waals surface area (Å²) in [6, 6.07) is 14.5. The molecule has 0 saturated heterocycles. The SMILES string of the molecule is Cc1ccc(SCc2ccc(C=CC(=O)O)cc2)c(C)c1. The van der Waals surface area contributed by atoms with E-state index in [4.69, 9.17) is 5.11 Å². The van der Waals surface area contributed by atoms with E-state index < -0.39 is 5.97 Å². The standard InChI is InChI=1S/C18H18O2S/c1-13-3-9-17(14(2)11-13)21-12-16-6-4-15(5-7-16)8-10-18(19)20/h3-11H,12H2,1-2H3,(H,19,20). The predicted octanol–water partition coefficient (Wildman–Crippen LogP) is 4.69. The van der Waals surface area contributed by atoms with Crippen molar-refractivity contribution >= 4 is 23.8 Å². The van der Waals surface area contributed by atoms with Crippen LogP contribution >= 0.6 is 11.8 Å². The summed E-state index contributed by atoms with van der Waals surface area (Å²) in [7, 11) is 0. The van der Waals surface area contributed by atoms with E-state index in [1.54, 1.807) is 6.08 Å². The van der Waals surface area contributed by atoms with Crippen LogP contribution in [0.5, 0.6) is 0 Å². The predicted molar refractivity (Wildman–Crippen MR) is 88.6 cm³/mol.